The summed E-state index contributed by atoms with van der Waals surface area (Å²) < 4.78 is 31.3. The van der Waals surface area contributed by atoms with Gasteiger partial charge in [-0.1, -0.05) is 12.1 Å². The van der Waals surface area contributed by atoms with Gasteiger partial charge in [0.15, 0.2) is 0 Å². The molecule has 0 fully saturated rings. The Hall–Kier alpha value is -0.900. The fraction of sp³-hybridized carbons (Fsp3) is 0.333. The highest BCUT2D eigenvalue weighted by Gasteiger charge is 2.03. The highest BCUT2D eigenvalue weighted by atomic mass is 32.2. The van der Waals surface area contributed by atoms with E-state index in [0.717, 1.165) is 0 Å². The highest BCUT2D eigenvalue weighted by molar-refractivity contribution is 7.90. The Balaban J connectivity index is 2.99. The Kier molecular flexibility index (Phi) is 2.71. The van der Waals surface area contributed by atoms with Gasteiger partial charge in [-0.25, -0.2) is 8.60 Å². The van der Waals surface area contributed by atoms with E-state index in [1.807, 2.05) is 0 Å². The van der Waals surface area contributed by atoms with Crippen molar-refractivity contribution in [1.29, 1.82) is 4.78 Å². The smallest absolute Gasteiger partial charge is 0.126 e. The minimum Gasteiger partial charge on any atom is -0.253 e. The van der Waals surface area contributed by atoms with Crippen molar-refractivity contribution < 1.29 is 8.60 Å². The van der Waals surface area contributed by atoms with Gasteiger partial charge in [-0.2, -0.15) is 0 Å². The van der Waals surface area contributed by atoms with Gasteiger partial charge in [0.25, 0.3) is 0 Å². The molecule has 1 aromatic rings. The van der Waals surface area contributed by atoms with Crippen LogP contribution in [-0.4, -0.2) is 10.5 Å². The topological polar surface area (TPSA) is 40.9 Å². The monoisotopic (exact) mass is 201 g/mol. The van der Waals surface area contributed by atoms with Crippen LogP contribution in [0.15, 0.2) is 18.2 Å². The summed E-state index contributed by atoms with van der Waals surface area (Å²) in [7, 11) is -2.57. The number of aryl methyl sites for hydroxylation is 1. The van der Waals surface area contributed by atoms with Crippen molar-refractivity contribution in [3.05, 3.63) is 35.1 Å². The Morgan fingerprint density at radius 1 is 1.54 bits per heavy atom. The standard InChI is InChI=1S/C9H12FNOS/c1-7-3-4-8(5-9(7)10)6-13(2,11)12/h3-5,11H,6H2,1-2H3. The highest BCUT2D eigenvalue weighted by Crippen LogP contribution is 2.11. The fourth-order valence-electron chi connectivity index (χ4n) is 1.04. The fourth-order valence-corrected chi connectivity index (χ4v) is 1.86. The lowest BCUT2D eigenvalue weighted by molar-refractivity contribution is 0.617. The predicted molar refractivity (Wildman–Crippen MR) is 51.6 cm³/mol. The molecule has 0 aliphatic carbocycles. The zero-order chi connectivity index (χ0) is 10.1. The van der Waals surface area contributed by atoms with E-state index in [0.29, 0.717) is 11.1 Å². The summed E-state index contributed by atoms with van der Waals surface area (Å²) in [4.78, 5) is 0. The van der Waals surface area contributed by atoms with Crippen molar-refractivity contribution in [2.24, 2.45) is 0 Å². The maximum absolute atomic E-state index is 13.0. The van der Waals surface area contributed by atoms with E-state index >= 15 is 0 Å². The second-order valence-electron chi connectivity index (χ2n) is 3.23. The molecule has 2 nitrogen and oxygen atoms in total. The van der Waals surface area contributed by atoms with Gasteiger partial charge in [-0.15, -0.1) is 0 Å². The summed E-state index contributed by atoms with van der Waals surface area (Å²) >= 11 is 0. The number of halogens is 1. The van der Waals surface area contributed by atoms with Crippen molar-refractivity contribution in [3.63, 3.8) is 0 Å². The first-order chi connectivity index (χ1) is 5.88. The second-order valence-corrected chi connectivity index (χ2v) is 5.53. The van der Waals surface area contributed by atoms with Gasteiger partial charge >= 0.3 is 0 Å². The van der Waals surface area contributed by atoms with Crippen LogP contribution in [0.4, 0.5) is 4.39 Å². The Labute approximate surface area is 77.8 Å². The quantitative estimate of drug-likeness (QED) is 0.783. The zero-order valence-electron chi connectivity index (χ0n) is 7.63. The van der Waals surface area contributed by atoms with Crippen LogP contribution < -0.4 is 0 Å². The molecule has 1 aromatic carbocycles. The Bertz CT molecular complexity index is 412. The largest absolute Gasteiger partial charge is 0.253 e. The van der Waals surface area contributed by atoms with E-state index in [4.69, 9.17) is 4.78 Å². The average molecular weight is 201 g/mol. The maximum atomic E-state index is 13.0. The molecule has 0 amide bonds. The molecular formula is C9H12FNOS. The van der Waals surface area contributed by atoms with Crippen LogP contribution in [0.1, 0.15) is 11.1 Å². The minimum atomic E-state index is -2.57. The van der Waals surface area contributed by atoms with Gasteiger partial charge in [0, 0.05) is 16.0 Å². The summed E-state index contributed by atoms with van der Waals surface area (Å²) in [6.45, 7) is 1.67. The lowest BCUT2D eigenvalue weighted by Crippen LogP contribution is -1.99. The van der Waals surface area contributed by atoms with Gasteiger partial charge in [0.1, 0.15) is 5.82 Å². The molecule has 0 aliphatic heterocycles. The minimum absolute atomic E-state index is 0.115. The number of nitrogens with one attached hydrogen (secondary N) is 1. The molecule has 0 saturated heterocycles. The van der Waals surface area contributed by atoms with Gasteiger partial charge in [-0.3, -0.25) is 4.78 Å². The van der Waals surface area contributed by atoms with Crippen LogP contribution in [0.2, 0.25) is 0 Å². The van der Waals surface area contributed by atoms with Crippen molar-refractivity contribution in [2.75, 3.05) is 6.26 Å². The molecule has 1 unspecified atom stereocenters. The summed E-state index contributed by atoms with van der Waals surface area (Å²) in [6, 6.07) is 4.68. The summed E-state index contributed by atoms with van der Waals surface area (Å²) in [5.41, 5.74) is 1.18. The van der Waals surface area contributed by atoms with Crippen molar-refractivity contribution in [3.8, 4) is 0 Å². The van der Waals surface area contributed by atoms with Gasteiger partial charge in [0.05, 0.1) is 5.75 Å². The lowest BCUT2D eigenvalue weighted by atomic mass is 10.2. The first-order valence-corrected chi connectivity index (χ1v) is 5.98. The molecule has 0 spiro atoms. The SMILES string of the molecule is Cc1ccc(CS(C)(=N)=O)cc1F. The number of hydrogen-bond donors (Lipinski definition) is 1. The third-order valence-corrected chi connectivity index (χ3v) is 2.56. The van der Waals surface area contributed by atoms with Gasteiger partial charge in [0.2, 0.25) is 0 Å². The predicted octanol–water partition coefficient (Wildman–Crippen LogP) is 2.31. The number of hydrogen-bond acceptors (Lipinski definition) is 2. The average Bonchev–Trinajstić information content (AvgIpc) is 1.94. The molecule has 0 aromatic heterocycles. The molecule has 0 heterocycles. The summed E-state index contributed by atoms with van der Waals surface area (Å²) in [6.07, 6.45) is 1.35. The molecule has 13 heavy (non-hydrogen) atoms. The van der Waals surface area contributed by atoms with Crippen LogP contribution >= 0.6 is 0 Å². The van der Waals surface area contributed by atoms with E-state index in [1.54, 1.807) is 19.1 Å². The van der Waals surface area contributed by atoms with Gasteiger partial charge in [-0.05, 0) is 24.1 Å². The van der Waals surface area contributed by atoms with Crippen molar-refractivity contribution in [2.45, 2.75) is 12.7 Å². The first-order valence-electron chi connectivity index (χ1n) is 3.85. The molecular weight excluding hydrogens is 189 g/mol. The molecule has 1 atom stereocenters. The molecule has 4 heteroatoms. The van der Waals surface area contributed by atoms with Crippen LogP contribution in [0.3, 0.4) is 0 Å². The van der Waals surface area contributed by atoms with Crippen LogP contribution in [-0.2, 0) is 15.5 Å². The second kappa shape index (κ2) is 3.46. The molecule has 0 saturated carbocycles. The lowest BCUT2D eigenvalue weighted by Gasteiger charge is -2.02. The zero-order valence-corrected chi connectivity index (χ0v) is 8.45. The third kappa shape index (κ3) is 3.14. The molecule has 0 aliphatic rings. The normalized spacial score (nSPS) is 15.3. The summed E-state index contributed by atoms with van der Waals surface area (Å²) in [5, 5.41) is 0. The van der Waals surface area contributed by atoms with Crippen LogP contribution in [0, 0.1) is 17.5 Å². The van der Waals surface area contributed by atoms with Crippen LogP contribution in [0.5, 0.6) is 0 Å². The third-order valence-electron chi connectivity index (χ3n) is 1.68. The Morgan fingerprint density at radius 2 is 2.15 bits per heavy atom. The van der Waals surface area contributed by atoms with E-state index in [2.05, 4.69) is 0 Å². The van der Waals surface area contributed by atoms with E-state index in [9.17, 15) is 8.60 Å². The van der Waals surface area contributed by atoms with Crippen LogP contribution in [0.25, 0.3) is 0 Å². The molecule has 1 N–H and O–H groups in total. The number of rotatable bonds is 2. The first kappa shape index (κ1) is 10.2. The summed E-state index contributed by atoms with van der Waals surface area (Å²) in [5.74, 6) is -0.189. The van der Waals surface area contributed by atoms with Crippen molar-refractivity contribution in [1.82, 2.24) is 0 Å². The van der Waals surface area contributed by atoms with Crippen molar-refractivity contribution >= 4 is 9.73 Å². The molecule has 1 rings (SSSR count). The molecule has 72 valence electrons. The van der Waals surface area contributed by atoms with E-state index in [-0.39, 0.29) is 11.6 Å². The number of benzene rings is 1. The van der Waals surface area contributed by atoms with Gasteiger partial charge < -0.3 is 0 Å². The van der Waals surface area contributed by atoms with E-state index < -0.39 is 9.73 Å². The van der Waals surface area contributed by atoms with E-state index in [1.165, 1.54) is 12.3 Å². The Morgan fingerprint density at radius 3 is 2.62 bits per heavy atom. The molecule has 0 radical (unpaired) electrons. The molecule has 0 bridgehead atoms. The maximum Gasteiger partial charge on any atom is 0.126 e.